The molecule has 5 nitrogen and oxygen atoms in total. The molecule has 1 aliphatic heterocycles. The molecule has 0 unspecified atom stereocenters. The van der Waals surface area contributed by atoms with Gasteiger partial charge in [0.1, 0.15) is 5.82 Å². The Morgan fingerprint density at radius 2 is 2.05 bits per heavy atom. The van der Waals surface area contributed by atoms with Gasteiger partial charge < -0.3 is 15.0 Å². The van der Waals surface area contributed by atoms with Gasteiger partial charge in [-0.1, -0.05) is 0 Å². The molecule has 19 heavy (non-hydrogen) atoms. The molecule has 0 radical (unpaired) electrons. The minimum Gasteiger partial charge on any atom is -0.378 e. The lowest BCUT2D eigenvalue weighted by Gasteiger charge is -2.33. The first kappa shape index (κ1) is 14.3. The molecule has 5 heteroatoms. The molecule has 0 atom stereocenters. The number of aryl methyl sites for hydroxylation is 2. The van der Waals surface area contributed by atoms with E-state index in [-0.39, 0.29) is 0 Å². The Labute approximate surface area is 115 Å². The van der Waals surface area contributed by atoms with Gasteiger partial charge in [-0.15, -0.1) is 0 Å². The molecule has 0 aromatic carbocycles. The second-order valence-corrected chi connectivity index (χ2v) is 5.18. The molecule has 0 bridgehead atoms. The number of piperidine rings is 1. The lowest BCUT2D eigenvalue weighted by atomic mass is 10.1. The Morgan fingerprint density at radius 1 is 1.37 bits per heavy atom. The first-order valence-corrected chi connectivity index (χ1v) is 7.21. The third kappa shape index (κ3) is 3.09. The third-order valence-electron chi connectivity index (χ3n) is 3.81. The summed E-state index contributed by atoms with van der Waals surface area (Å²) in [6.07, 6.45) is 2.65. The standard InChI is InChI=1S/C14H26N4O/c1-5-19-12-6-8-18(9-7-12)14-13(10-15-3)11(2)16-17(14)4/h12,15H,5-10H2,1-4H3. The number of nitrogens with one attached hydrogen (secondary N) is 1. The highest BCUT2D eigenvalue weighted by Gasteiger charge is 2.24. The van der Waals surface area contributed by atoms with Crippen molar-refractivity contribution in [3.8, 4) is 0 Å². The second kappa shape index (κ2) is 6.39. The fourth-order valence-corrected chi connectivity index (χ4v) is 2.94. The summed E-state index contributed by atoms with van der Waals surface area (Å²) in [5.74, 6) is 1.27. The number of ether oxygens (including phenoxy) is 1. The van der Waals surface area contributed by atoms with Crippen LogP contribution in [0.2, 0.25) is 0 Å². The molecule has 108 valence electrons. The van der Waals surface area contributed by atoms with Crippen LogP contribution in [0.25, 0.3) is 0 Å². The summed E-state index contributed by atoms with van der Waals surface area (Å²) in [7, 11) is 4.02. The summed E-state index contributed by atoms with van der Waals surface area (Å²) >= 11 is 0. The molecular weight excluding hydrogens is 240 g/mol. The third-order valence-corrected chi connectivity index (χ3v) is 3.81. The maximum Gasteiger partial charge on any atom is 0.131 e. The van der Waals surface area contributed by atoms with Gasteiger partial charge in [0, 0.05) is 38.9 Å². The van der Waals surface area contributed by atoms with E-state index in [1.54, 1.807) is 0 Å². The van der Waals surface area contributed by atoms with Crippen molar-refractivity contribution < 1.29 is 4.74 Å². The molecule has 2 heterocycles. The number of rotatable bonds is 5. The van der Waals surface area contributed by atoms with Crippen LogP contribution in [0.4, 0.5) is 5.82 Å². The molecule has 0 spiro atoms. The zero-order valence-electron chi connectivity index (χ0n) is 12.6. The first-order chi connectivity index (χ1) is 9.17. The number of hydrogen-bond donors (Lipinski definition) is 1. The average Bonchev–Trinajstić information content (AvgIpc) is 2.67. The largest absolute Gasteiger partial charge is 0.378 e. The van der Waals surface area contributed by atoms with Crippen LogP contribution >= 0.6 is 0 Å². The molecule has 0 saturated carbocycles. The first-order valence-electron chi connectivity index (χ1n) is 7.21. The van der Waals surface area contributed by atoms with Crippen LogP contribution in [-0.4, -0.2) is 42.6 Å². The lowest BCUT2D eigenvalue weighted by Crippen LogP contribution is -2.38. The fourth-order valence-electron chi connectivity index (χ4n) is 2.94. The Morgan fingerprint density at radius 3 is 2.63 bits per heavy atom. The number of aromatic nitrogens is 2. The minimum absolute atomic E-state index is 0.434. The van der Waals surface area contributed by atoms with Gasteiger partial charge in [0.25, 0.3) is 0 Å². The Hall–Kier alpha value is -1.07. The van der Waals surface area contributed by atoms with Gasteiger partial charge in [0.15, 0.2) is 0 Å². The van der Waals surface area contributed by atoms with E-state index in [4.69, 9.17) is 4.74 Å². The molecule has 1 aromatic rings. The van der Waals surface area contributed by atoms with Gasteiger partial charge in [0.05, 0.1) is 11.8 Å². The van der Waals surface area contributed by atoms with Crippen molar-refractivity contribution >= 4 is 5.82 Å². The maximum atomic E-state index is 5.72. The van der Waals surface area contributed by atoms with Crippen molar-refractivity contribution in [2.45, 2.75) is 39.3 Å². The molecule has 0 aliphatic carbocycles. The smallest absolute Gasteiger partial charge is 0.131 e. The van der Waals surface area contributed by atoms with Crippen molar-refractivity contribution in [3.05, 3.63) is 11.3 Å². The van der Waals surface area contributed by atoms with E-state index in [1.165, 1.54) is 11.4 Å². The monoisotopic (exact) mass is 266 g/mol. The van der Waals surface area contributed by atoms with Gasteiger partial charge >= 0.3 is 0 Å². The van der Waals surface area contributed by atoms with Crippen molar-refractivity contribution in [2.75, 3.05) is 31.6 Å². The Kier molecular flexibility index (Phi) is 4.82. The van der Waals surface area contributed by atoms with Gasteiger partial charge in [-0.2, -0.15) is 5.10 Å². The van der Waals surface area contributed by atoms with E-state index in [2.05, 4.69) is 29.2 Å². The summed E-state index contributed by atoms with van der Waals surface area (Å²) in [5.41, 5.74) is 2.44. The molecule has 1 fully saturated rings. The predicted octanol–water partition coefficient (Wildman–Crippen LogP) is 1.45. The van der Waals surface area contributed by atoms with Crippen LogP contribution in [0.5, 0.6) is 0 Å². The van der Waals surface area contributed by atoms with E-state index < -0.39 is 0 Å². The van der Waals surface area contributed by atoms with Gasteiger partial charge in [-0.05, 0) is 33.7 Å². The summed E-state index contributed by atoms with van der Waals surface area (Å²) < 4.78 is 7.74. The predicted molar refractivity (Wildman–Crippen MR) is 77.6 cm³/mol. The van der Waals surface area contributed by atoms with Gasteiger partial charge in [-0.3, -0.25) is 4.68 Å². The van der Waals surface area contributed by atoms with Crippen LogP contribution in [0.15, 0.2) is 0 Å². The van der Waals surface area contributed by atoms with Crippen molar-refractivity contribution in [1.29, 1.82) is 0 Å². The van der Waals surface area contributed by atoms with E-state index in [1.807, 2.05) is 18.8 Å². The normalized spacial score (nSPS) is 17.2. The second-order valence-electron chi connectivity index (χ2n) is 5.18. The zero-order chi connectivity index (χ0) is 13.8. The highest BCUT2D eigenvalue weighted by molar-refractivity contribution is 5.50. The highest BCUT2D eigenvalue weighted by atomic mass is 16.5. The van der Waals surface area contributed by atoms with Crippen LogP contribution in [0.1, 0.15) is 31.0 Å². The maximum absolute atomic E-state index is 5.72. The summed E-state index contributed by atoms with van der Waals surface area (Å²) in [6.45, 7) is 7.96. The van der Waals surface area contributed by atoms with E-state index in [0.717, 1.165) is 44.8 Å². The van der Waals surface area contributed by atoms with Gasteiger partial charge in [-0.25, -0.2) is 0 Å². The minimum atomic E-state index is 0.434. The summed E-state index contributed by atoms with van der Waals surface area (Å²) in [5, 5.41) is 7.81. The molecule has 0 amide bonds. The van der Waals surface area contributed by atoms with Crippen molar-refractivity contribution in [2.24, 2.45) is 7.05 Å². The van der Waals surface area contributed by atoms with Crippen LogP contribution in [0, 0.1) is 6.92 Å². The van der Waals surface area contributed by atoms with Crippen LogP contribution < -0.4 is 10.2 Å². The fraction of sp³-hybridized carbons (Fsp3) is 0.786. The molecule has 1 aromatic heterocycles. The lowest BCUT2D eigenvalue weighted by molar-refractivity contribution is 0.0457. The molecule has 1 aliphatic rings. The number of nitrogens with zero attached hydrogens (tertiary/aromatic N) is 3. The summed E-state index contributed by atoms with van der Waals surface area (Å²) in [4.78, 5) is 2.45. The topological polar surface area (TPSA) is 42.3 Å². The molecule has 2 rings (SSSR count). The highest BCUT2D eigenvalue weighted by Crippen LogP contribution is 2.26. The SMILES string of the molecule is CCOC1CCN(c2c(CNC)c(C)nn2C)CC1. The molecular formula is C14H26N4O. The van der Waals surface area contributed by atoms with Crippen LogP contribution in [0.3, 0.4) is 0 Å². The van der Waals surface area contributed by atoms with E-state index >= 15 is 0 Å². The number of anilines is 1. The quantitative estimate of drug-likeness (QED) is 0.876. The van der Waals surface area contributed by atoms with E-state index in [9.17, 15) is 0 Å². The van der Waals surface area contributed by atoms with E-state index in [0.29, 0.717) is 6.10 Å². The average molecular weight is 266 g/mol. The zero-order valence-corrected chi connectivity index (χ0v) is 12.6. The van der Waals surface area contributed by atoms with Crippen LogP contribution in [-0.2, 0) is 18.3 Å². The Balaban J connectivity index is 2.10. The summed E-state index contributed by atoms with van der Waals surface area (Å²) in [6, 6.07) is 0. The van der Waals surface area contributed by atoms with Crippen molar-refractivity contribution in [1.82, 2.24) is 15.1 Å². The van der Waals surface area contributed by atoms with Crippen molar-refractivity contribution in [3.63, 3.8) is 0 Å². The Bertz CT molecular complexity index is 408. The molecule has 1 N–H and O–H groups in total. The number of hydrogen-bond acceptors (Lipinski definition) is 4. The van der Waals surface area contributed by atoms with Gasteiger partial charge in [0.2, 0.25) is 0 Å². The molecule has 1 saturated heterocycles.